The summed E-state index contributed by atoms with van der Waals surface area (Å²) >= 11 is 0. The first kappa shape index (κ1) is 33.8. The molecule has 0 fully saturated rings. The van der Waals surface area contributed by atoms with E-state index in [9.17, 15) is 0 Å². The predicted octanol–water partition coefficient (Wildman–Crippen LogP) is 12.7. The molecule has 0 spiro atoms. The Balaban J connectivity index is 1.03. The van der Waals surface area contributed by atoms with Crippen LogP contribution in [0.1, 0.15) is 0 Å². The Bertz CT molecular complexity index is 3460. The standard InChI is InChI=1S/C53H31N7/c1-2-10-36(11-3-1)51-58-52(43-26-24-41(37-14-4-6-16-39(37)43)45-28-22-34-20-18-32-12-8-30-54-47(32)49(34)56-45)60-53(59-51)44-27-25-42(38-15-5-7-17-40(38)44)46-29-23-35-21-19-33-13-9-31-55-48(33)50(35)57-46/h1-31H. The second-order valence-electron chi connectivity index (χ2n) is 14.9. The lowest BCUT2D eigenvalue weighted by Crippen LogP contribution is -2.01. The zero-order chi connectivity index (χ0) is 39.6. The first-order chi connectivity index (χ1) is 29.7. The van der Waals surface area contributed by atoms with Crippen molar-refractivity contribution in [1.82, 2.24) is 34.9 Å². The van der Waals surface area contributed by atoms with E-state index in [1.54, 1.807) is 0 Å². The maximum absolute atomic E-state index is 5.28. The van der Waals surface area contributed by atoms with Gasteiger partial charge in [-0.05, 0) is 57.9 Å². The summed E-state index contributed by atoms with van der Waals surface area (Å²) in [5.74, 6) is 1.78. The van der Waals surface area contributed by atoms with Gasteiger partial charge in [0.05, 0.1) is 33.5 Å². The minimum atomic E-state index is 0.590. The van der Waals surface area contributed by atoms with Gasteiger partial charge in [-0.25, -0.2) is 24.9 Å². The minimum absolute atomic E-state index is 0.590. The van der Waals surface area contributed by atoms with Crippen molar-refractivity contribution < 1.29 is 0 Å². The van der Waals surface area contributed by atoms with Crippen molar-refractivity contribution in [2.45, 2.75) is 0 Å². The molecule has 0 bridgehead atoms. The summed E-state index contributed by atoms with van der Waals surface area (Å²) in [7, 11) is 0. The molecule has 0 aliphatic carbocycles. The van der Waals surface area contributed by atoms with Gasteiger partial charge < -0.3 is 0 Å². The van der Waals surface area contributed by atoms with Crippen molar-refractivity contribution in [3.05, 3.63) is 188 Å². The number of benzene rings is 7. The molecule has 0 atom stereocenters. The highest BCUT2D eigenvalue weighted by atomic mass is 15.0. The Morgan fingerprint density at radius 2 is 0.633 bits per heavy atom. The second kappa shape index (κ2) is 13.7. The van der Waals surface area contributed by atoms with Gasteiger partial charge in [0.25, 0.3) is 0 Å². The quantitative estimate of drug-likeness (QED) is 0.161. The molecule has 5 aromatic heterocycles. The highest BCUT2D eigenvalue weighted by Gasteiger charge is 2.19. The Morgan fingerprint density at radius 1 is 0.250 bits per heavy atom. The van der Waals surface area contributed by atoms with Crippen LogP contribution in [0.5, 0.6) is 0 Å². The molecule has 7 aromatic carbocycles. The first-order valence-electron chi connectivity index (χ1n) is 19.9. The van der Waals surface area contributed by atoms with Gasteiger partial charge in [-0.1, -0.05) is 140 Å². The van der Waals surface area contributed by atoms with Crippen LogP contribution in [0, 0.1) is 0 Å². The third-order valence-electron chi connectivity index (χ3n) is 11.4. The lowest BCUT2D eigenvalue weighted by atomic mass is 9.95. The van der Waals surface area contributed by atoms with E-state index in [1.165, 1.54) is 0 Å². The summed E-state index contributed by atoms with van der Waals surface area (Å²) in [6, 6.07) is 60.4. The fourth-order valence-electron chi connectivity index (χ4n) is 8.52. The Kier molecular flexibility index (Phi) is 7.71. The summed E-state index contributed by atoms with van der Waals surface area (Å²) in [5, 5.41) is 8.39. The maximum Gasteiger partial charge on any atom is 0.164 e. The SMILES string of the molecule is c1ccc(-c2nc(-c3ccc(-c4ccc5ccc6cccnc6c5n4)c4ccccc34)nc(-c3ccc(-c4ccc5ccc6cccnc6c5n4)c4ccccc34)n2)cc1. The van der Waals surface area contributed by atoms with Crippen molar-refractivity contribution in [2.75, 3.05) is 0 Å². The van der Waals surface area contributed by atoms with E-state index in [-0.39, 0.29) is 0 Å². The molecule has 0 unspecified atom stereocenters. The average Bonchev–Trinajstić information content (AvgIpc) is 3.33. The van der Waals surface area contributed by atoms with Crippen molar-refractivity contribution in [1.29, 1.82) is 0 Å². The number of hydrogen-bond acceptors (Lipinski definition) is 7. The molecule has 0 radical (unpaired) electrons. The summed E-state index contributed by atoms with van der Waals surface area (Å²) in [5.41, 5.74) is 10.1. The molecular formula is C53H31N7. The third kappa shape index (κ3) is 5.56. The Morgan fingerprint density at radius 3 is 1.12 bits per heavy atom. The van der Waals surface area contributed by atoms with E-state index >= 15 is 0 Å². The van der Waals surface area contributed by atoms with Crippen molar-refractivity contribution >= 4 is 65.2 Å². The van der Waals surface area contributed by atoms with Gasteiger partial charge in [-0.3, -0.25) is 9.97 Å². The maximum atomic E-state index is 5.28. The van der Waals surface area contributed by atoms with Crippen LogP contribution in [0.3, 0.4) is 0 Å². The van der Waals surface area contributed by atoms with Gasteiger partial charge in [0.2, 0.25) is 0 Å². The molecule has 278 valence electrons. The highest BCUT2D eigenvalue weighted by molar-refractivity contribution is 6.09. The van der Waals surface area contributed by atoms with Gasteiger partial charge >= 0.3 is 0 Å². The minimum Gasteiger partial charge on any atom is -0.254 e. The summed E-state index contributed by atoms with van der Waals surface area (Å²) in [4.78, 5) is 35.4. The van der Waals surface area contributed by atoms with E-state index in [4.69, 9.17) is 34.9 Å². The van der Waals surface area contributed by atoms with Gasteiger partial charge in [0.15, 0.2) is 17.5 Å². The largest absolute Gasteiger partial charge is 0.254 e. The van der Waals surface area contributed by atoms with Crippen molar-refractivity contribution in [3.8, 4) is 56.7 Å². The molecule has 0 saturated heterocycles. The van der Waals surface area contributed by atoms with Crippen LogP contribution in [0.15, 0.2) is 188 Å². The molecule has 0 aliphatic rings. The lowest BCUT2D eigenvalue weighted by Gasteiger charge is -2.15. The zero-order valence-electron chi connectivity index (χ0n) is 32.0. The normalized spacial score (nSPS) is 11.7. The summed E-state index contributed by atoms with van der Waals surface area (Å²) in [6.45, 7) is 0. The number of rotatable bonds is 5. The molecule has 0 aliphatic heterocycles. The number of pyridine rings is 4. The molecule has 7 heteroatoms. The molecular weight excluding hydrogens is 735 g/mol. The van der Waals surface area contributed by atoms with Crippen LogP contribution < -0.4 is 0 Å². The fraction of sp³-hybridized carbons (Fsp3) is 0. The van der Waals surface area contributed by atoms with Crippen molar-refractivity contribution in [3.63, 3.8) is 0 Å². The Hall–Kier alpha value is -8.29. The van der Waals surface area contributed by atoms with Gasteiger partial charge in [-0.15, -0.1) is 0 Å². The van der Waals surface area contributed by atoms with Crippen LogP contribution in [0.4, 0.5) is 0 Å². The smallest absolute Gasteiger partial charge is 0.164 e. The molecule has 0 N–H and O–H groups in total. The first-order valence-corrected chi connectivity index (χ1v) is 19.9. The van der Waals surface area contributed by atoms with E-state index < -0.39 is 0 Å². The van der Waals surface area contributed by atoms with Gasteiger partial charge in [-0.2, -0.15) is 0 Å². The molecule has 12 rings (SSSR count). The van der Waals surface area contributed by atoms with Crippen LogP contribution in [-0.4, -0.2) is 34.9 Å². The molecule has 0 saturated carbocycles. The van der Waals surface area contributed by atoms with Crippen LogP contribution >= 0.6 is 0 Å². The van der Waals surface area contributed by atoms with E-state index in [1.807, 2.05) is 54.9 Å². The molecule has 7 nitrogen and oxygen atoms in total. The van der Waals surface area contributed by atoms with E-state index in [0.717, 1.165) is 104 Å². The summed E-state index contributed by atoms with van der Waals surface area (Å²) < 4.78 is 0. The Labute approximate surface area is 343 Å². The molecule has 12 aromatic rings. The van der Waals surface area contributed by atoms with Crippen LogP contribution in [-0.2, 0) is 0 Å². The van der Waals surface area contributed by atoms with E-state index in [0.29, 0.717) is 17.5 Å². The average molecular weight is 766 g/mol. The van der Waals surface area contributed by atoms with Crippen LogP contribution in [0.25, 0.3) is 122 Å². The lowest BCUT2D eigenvalue weighted by molar-refractivity contribution is 1.08. The number of fused-ring (bicyclic) bond motifs is 8. The number of hydrogen-bond donors (Lipinski definition) is 0. The molecule has 0 amide bonds. The monoisotopic (exact) mass is 765 g/mol. The zero-order valence-corrected chi connectivity index (χ0v) is 32.0. The predicted molar refractivity (Wildman–Crippen MR) is 243 cm³/mol. The van der Waals surface area contributed by atoms with Crippen LogP contribution in [0.2, 0.25) is 0 Å². The second-order valence-corrected chi connectivity index (χ2v) is 14.9. The third-order valence-corrected chi connectivity index (χ3v) is 11.4. The number of nitrogens with zero attached hydrogens (tertiary/aromatic N) is 7. The molecule has 5 heterocycles. The van der Waals surface area contributed by atoms with Gasteiger partial charge in [0, 0.05) is 61.8 Å². The van der Waals surface area contributed by atoms with Crippen molar-refractivity contribution in [2.24, 2.45) is 0 Å². The topological polar surface area (TPSA) is 90.2 Å². The van der Waals surface area contributed by atoms with E-state index in [2.05, 4.69) is 133 Å². The molecule has 60 heavy (non-hydrogen) atoms. The number of aromatic nitrogens is 7. The van der Waals surface area contributed by atoms with Gasteiger partial charge in [0.1, 0.15) is 0 Å². The fourth-order valence-corrected chi connectivity index (χ4v) is 8.52. The summed E-state index contributed by atoms with van der Waals surface area (Å²) in [6.07, 6.45) is 3.65. The highest BCUT2D eigenvalue weighted by Crippen LogP contribution is 2.39.